The van der Waals surface area contributed by atoms with Crippen molar-refractivity contribution in [3.8, 4) is 5.75 Å². The van der Waals surface area contributed by atoms with Crippen LogP contribution in [0.1, 0.15) is 12.5 Å². The zero-order chi connectivity index (χ0) is 19.7. The number of aryl methyl sites for hydroxylation is 1. The number of nitrogens with zero attached hydrogens (tertiary/aromatic N) is 5. The Morgan fingerprint density at radius 3 is 2.75 bits per heavy atom. The van der Waals surface area contributed by atoms with Crippen molar-refractivity contribution in [3.63, 3.8) is 0 Å². The van der Waals surface area contributed by atoms with E-state index in [1.165, 1.54) is 0 Å². The van der Waals surface area contributed by atoms with E-state index in [2.05, 4.69) is 32.0 Å². The number of carbonyl (C=O) groups excluding carboxylic acids is 1. The molecule has 1 fully saturated rings. The van der Waals surface area contributed by atoms with Gasteiger partial charge < -0.3 is 24.8 Å². The lowest BCUT2D eigenvalue weighted by molar-refractivity contribution is 0.167. The maximum Gasteiger partial charge on any atom is 0.321 e. The highest BCUT2D eigenvalue weighted by atomic mass is 16.5. The van der Waals surface area contributed by atoms with Gasteiger partial charge in [0.05, 0.1) is 19.5 Å². The predicted octanol–water partition coefficient (Wildman–Crippen LogP) is 2.14. The van der Waals surface area contributed by atoms with Crippen LogP contribution in [-0.4, -0.2) is 78.8 Å². The first-order valence-electron chi connectivity index (χ1n) is 9.59. The Morgan fingerprint density at radius 1 is 1.25 bits per heavy atom. The van der Waals surface area contributed by atoms with Crippen molar-refractivity contribution in [3.05, 3.63) is 35.7 Å². The van der Waals surface area contributed by atoms with Crippen LogP contribution in [0.25, 0.3) is 0 Å². The number of urea groups is 1. The van der Waals surface area contributed by atoms with Gasteiger partial charge in [-0.15, -0.1) is 0 Å². The number of hydrogen-bond acceptors (Lipinski definition) is 6. The molecule has 0 aromatic heterocycles. The highest BCUT2D eigenvalue weighted by Crippen LogP contribution is 2.22. The van der Waals surface area contributed by atoms with E-state index < -0.39 is 0 Å². The first-order valence-corrected chi connectivity index (χ1v) is 9.59. The van der Waals surface area contributed by atoms with Gasteiger partial charge in [0.15, 0.2) is 0 Å². The minimum Gasteiger partial charge on any atom is -0.497 e. The molecule has 148 valence electrons. The molecule has 1 atom stereocenters. The molecule has 3 heterocycles. The third kappa shape index (κ3) is 3.67. The van der Waals surface area contributed by atoms with E-state index in [0.29, 0.717) is 19.1 Å². The van der Waals surface area contributed by atoms with Gasteiger partial charge in [-0.05, 0) is 37.6 Å². The summed E-state index contributed by atoms with van der Waals surface area (Å²) < 4.78 is 5.22. The number of anilines is 1. The number of carbonyl (C=O) groups is 1. The van der Waals surface area contributed by atoms with Crippen LogP contribution in [0, 0.1) is 6.92 Å². The Hall–Kier alpha value is -3.03. The molecule has 2 amide bonds. The molecule has 1 aromatic rings. The molecule has 0 radical (unpaired) electrons. The van der Waals surface area contributed by atoms with Gasteiger partial charge in [-0.3, -0.25) is 4.99 Å². The minimum atomic E-state index is -0.0748. The van der Waals surface area contributed by atoms with E-state index in [9.17, 15) is 4.79 Å². The Morgan fingerprint density at radius 2 is 2.04 bits per heavy atom. The number of amidine groups is 1. The quantitative estimate of drug-likeness (QED) is 0.869. The highest BCUT2D eigenvalue weighted by Gasteiger charge is 2.27. The molecule has 0 bridgehead atoms. The van der Waals surface area contributed by atoms with E-state index >= 15 is 0 Å². The molecule has 0 aliphatic carbocycles. The van der Waals surface area contributed by atoms with Crippen molar-refractivity contribution < 1.29 is 9.53 Å². The summed E-state index contributed by atoms with van der Waals surface area (Å²) in [6.45, 7) is 7.76. The van der Waals surface area contributed by atoms with Crippen LogP contribution in [-0.2, 0) is 0 Å². The Bertz CT molecular complexity index is 854. The van der Waals surface area contributed by atoms with Crippen LogP contribution >= 0.6 is 0 Å². The maximum atomic E-state index is 12.6. The van der Waals surface area contributed by atoms with Gasteiger partial charge >= 0.3 is 6.03 Å². The van der Waals surface area contributed by atoms with Gasteiger partial charge in [-0.2, -0.15) is 0 Å². The summed E-state index contributed by atoms with van der Waals surface area (Å²) in [5.74, 6) is 2.69. The number of ether oxygens (including phenoxy) is 1. The number of piperazine rings is 1. The topological polar surface area (TPSA) is 72.8 Å². The predicted molar refractivity (Wildman–Crippen MR) is 110 cm³/mol. The Labute approximate surface area is 165 Å². The molecular weight excluding hydrogens is 356 g/mol. The van der Waals surface area contributed by atoms with Crippen molar-refractivity contribution in [2.24, 2.45) is 9.98 Å². The molecule has 1 saturated heterocycles. The molecule has 4 rings (SSSR count). The van der Waals surface area contributed by atoms with Crippen LogP contribution in [0.3, 0.4) is 0 Å². The number of benzene rings is 1. The average Bonchev–Trinajstić information content (AvgIpc) is 3.08. The van der Waals surface area contributed by atoms with E-state index in [1.807, 2.05) is 42.4 Å². The fourth-order valence-corrected chi connectivity index (χ4v) is 3.64. The number of aliphatic imine (C=N–C) groups is 2. The van der Waals surface area contributed by atoms with Crippen LogP contribution in [0.5, 0.6) is 5.75 Å². The Balaban J connectivity index is 1.34. The molecule has 1 aromatic carbocycles. The molecule has 8 nitrogen and oxygen atoms in total. The van der Waals surface area contributed by atoms with Crippen LogP contribution < -0.4 is 10.1 Å². The Kier molecular flexibility index (Phi) is 4.93. The summed E-state index contributed by atoms with van der Waals surface area (Å²) >= 11 is 0. The average molecular weight is 382 g/mol. The van der Waals surface area contributed by atoms with Gasteiger partial charge in [0.25, 0.3) is 0 Å². The number of rotatable bonds is 3. The normalized spacial score (nSPS) is 21.2. The third-order valence-electron chi connectivity index (χ3n) is 5.26. The second-order valence-corrected chi connectivity index (χ2v) is 7.32. The molecular formula is C20H26N6O2. The molecule has 0 saturated carbocycles. The lowest BCUT2D eigenvalue weighted by Gasteiger charge is -2.36. The number of fused-ring (bicyclic) bond motifs is 1. The van der Waals surface area contributed by atoms with Gasteiger partial charge in [-0.25, -0.2) is 9.79 Å². The number of amides is 2. The minimum absolute atomic E-state index is 0.0748. The van der Waals surface area contributed by atoms with Crippen molar-refractivity contribution in [1.29, 1.82) is 0 Å². The zero-order valence-electron chi connectivity index (χ0n) is 16.6. The van der Waals surface area contributed by atoms with Crippen molar-refractivity contribution in [1.82, 2.24) is 14.7 Å². The first-order chi connectivity index (χ1) is 13.5. The number of hydrogen-bond donors (Lipinski definition) is 1. The van der Waals surface area contributed by atoms with Crippen molar-refractivity contribution in [2.45, 2.75) is 19.9 Å². The van der Waals surface area contributed by atoms with E-state index in [-0.39, 0.29) is 6.03 Å². The summed E-state index contributed by atoms with van der Waals surface area (Å²) in [5, 5.41) is 3.00. The second-order valence-electron chi connectivity index (χ2n) is 7.32. The second kappa shape index (κ2) is 7.53. The maximum absolute atomic E-state index is 12.6. The van der Waals surface area contributed by atoms with E-state index in [4.69, 9.17) is 4.74 Å². The lowest BCUT2D eigenvalue weighted by Crippen LogP contribution is -2.50. The van der Waals surface area contributed by atoms with Crippen molar-refractivity contribution >= 4 is 23.9 Å². The van der Waals surface area contributed by atoms with Crippen LogP contribution in [0.2, 0.25) is 0 Å². The summed E-state index contributed by atoms with van der Waals surface area (Å²) in [6, 6.07) is 5.87. The SMILES string of the molecule is COc1ccc(NC(=O)N2CCN(C3=CC4=N[C@H](C)CN4C=N3)CC2)c(C)c1. The molecule has 8 heteroatoms. The lowest BCUT2D eigenvalue weighted by atomic mass is 10.2. The molecule has 28 heavy (non-hydrogen) atoms. The summed E-state index contributed by atoms with van der Waals surface area (Å²) in [7, 11) is 1.63. The summed E-state index contributed by atoms with van der Waals surface area (Å²) in [5.41, 5.74) is 1.78. The molecule has 0 spiro atoms. The van der Waals surface area contributed by atoms with Crippen LogP contribution in [0.15, 0.2) is 40.1 Å². The smallest absolute Gasteiger partial charge is 0.321 e. The van der Waals surface area contributed by atoms with Gasteiger partial charge in [0, 0.05) is 44.5 Å². The van der Waals surface area contributed by atoms with Gasteiger partial charge in [0.1, 0.15) is 17.4 Å². The zero-order valence-corrected chi connectivity index (χ0v) is 16.6. The molecule has 3 aliphatic heterocycles. The van der Waals surface area contributed by atoms with Gasteiger partial charge in [-0.1, -0.05) is 0 Å². The molecule has 0 unspecified atom stereocenters. The van der Waals surface area contributed by atoms with Gasteiger partial charge in [0.2, 0.25) is 0 Å². The highest BCUT2D eigenvalue weighted by molar-refractivity contribution is 6.03. The third-order valence-corrected chi connectivity index (χ3v) is 5.26. The van der Waals surface area contributed by atoms with E-state index in [0.717, 1.165) is 48.3 Å². The fourth-order valence-electron chi connectivity index (χ4n) is 3.64. The summed E-state index contributed by atoms with van der Waals surface area (Å²) in [4.78, 5) is 28.0. The molecule has 3 aliphatic rings. The summed E-state index contributed by atoms with van der Waals surface area (Å²) in [6.07, 6.45) is 3.91. The number of nitrogens with one attached hydrogen (secondary N) is 1. The first kappa shape index (κ1) is 18.3. The monoisotopic (exact) mass is 382 g/mol. The fraction of sp³-hybridized carbons (Fsp3) is 0.450. The standard InChI is InChI=1S/C20H26N6O2/c1-14-10-16(28-3)4-5-17(14)23-20(27)25-8-6-24(7-9-25)18-11-19-22-15(2)12-26(19)13-21-18/h4-5,10-11,13,15H,6-9,12H2,1-3H3,(H,23,27)/t15-/m1/s1. The number of methoxy groups -OCH3 is 1. The van der Waals surface area contributed by atoms with Crippen LogP contribution in [0.4, 0.5) is 10.5 Å². The largest absolute Gasteiger partial charge is 0.497 e. The van der Waals surface area contributed by atoms with Crippen molar-refractivity contribution in [2.75, 3.05) is 45.2 Å². The van der Waals surface area contributed by atoms with E-state index in [1.54, 1.807) is 7.11 Å². The molecule has 1 N–H and O–H groups in total.